The fraction of sp³-hybridized carbons (Fsp3) is 0.400. The average Bonchev–Trinajstić information content (AvgIpc) is 2.68. The first-order valence-corrected chi connectivity index (χ1v) is 5.47. The van der Waals surface area contributed by atoms with Gasteiger partial charge in [-0.3, -0.25) is 0 Å². The zero-order chi connectivity index (χ0) is 11.0. The molecular formula is C10H9BrF3N. The molecule has 0 spiro atoms. The quantitative estimate of drug-likeness (QED) is 0.615. The van der Waals surface area contributed by atoms with Gasteiger partial charge in [-0.1, -0.05) is 0 Å². The molecule has 2 rings (SSSR count). The monoisotopic (exact) mass is 279 g/mol. The van der Waals surface area contributed by atoms with Crippen molar-refractivity contribution >= 4 is 15.9 Å². The molecule has 1 fully saturated rings. The average molecular weight is 280 g/mol. The maximum absolute atomic E-state index is 13.6. The number of hydrogen-bond acceptors (Lipinski definition) is 1. The van der Waals surface area contributed by atoms with Crippen LogP contribution < -0.4 is 5.32 Å². The first-order chi connectivity index (χ1) is 7.11. The van der Waals surface area contributed by atoms with Crippen LogP contribution in [0.2, 0.25) is 0 Å². The van der Waals surface area contributed by atoms with Gasteiger partial charge in [0.2, 0.25) is 0 Å². The molecule has 1 aliphatic rings. The van der Waals surface area contributed by atoms with E-state index in [0.29, 0.717) is 12.5 Å². The molecular weight excluding hydrogens is 271 g/mol. The van der Waals surface area contributed by atoms with Crippen molar-refractivity contribution in [2.45, 2.75) is 18.9 Å². The predicted molar refractivity (Wildman–Crippen MR) is 54.0 cm³/mol. The lowest BCUT2D eigenvalue weighted by Gasteiger charge is -2.14. The Labute approximate surface area is 93.8 Å². The molecule has 0 saturated carbocycles. The van der Waals surface area contributed by atoms with Gasteiger partial charge in [0, 0.05) is 17.7 Å². The van der Waals surface area contributed by atoms with Crippen LogP contribution in [0.3, 0.4) is 0 Å². The Kier molecular flexibility index (Phi) is 3.02. The summed E-state index contributed by atoms with van der Waals surface area (Å²) < 4.78 is 39.7. The molecule has 1 nitrogen and oxygen atoms in total. The highest BCUT2D eigenvalue weighted by Gasteiger charge is 2.26. The van der Waals surface area contributed by atoms with Crippen molar-refractivity contribution in [3.63, 3.8) is 0 Å². The van der Waals surface area contributed by atoms with Gasteiger partial charge in [-0.15, -0.1) is 0 Å². The Balaban J connectivity index is 2.50. The Hall–Kier alpha value is -0.550. The highest BCUT2D eigenvalue weighted by atomic mass is 79.9. The van der Waals surface area contributed by atoms with E-state index in [1.54, 1.807) is 0 Å². The highest BCUT2D eigenvalue weighted by Crippen LogP contribution is 2.32. The van der Waals surface area contributed by atoms with Crippen LogP contribution in [0, 0.1) is 17.5 Å². The second-order valence-corrected chi connectivity index (χ2v) is 4.32. The smallest absolute Gasteiger partial charge is 0.148 e. The summed E-state index contributed by atoms with van der Waals surface area (Å²) in [7, 11) is 0. The lowest BCUT2D eigenvalue weighted by molar-refractivity contribution is 0.483. The third-order valence-electron chi connectivity index (χ3n) is 2.56. The minimum atomic E-state index is -0.910. The topological polar surface area (TPSA) is 12.0 Å². The van der Waals surface area contributed by atoms with E-state index < -0.39 is 17.5 Å². The molecule has 0 amide bonds. The summed E-state index contributed by atoms with van der Waals surface area (Å²) in [6, 6.07) is 0.365. The van der Waals surface area contributed by atoms with Gasteiger partial charge < -0.3 is 5.32 Å². The molecule has 0 radical (unpaired) electrons. The summed E-state index contributed by atoms with van der Waals surface area (Å²) in [5.74, 6) is -2.58. The van der Waals surface area contributed by atoms with Crippen molar-refractivity contribution in [2.75, 3.05) is 6.54 Å². The van der Waals surface area contributed by atoms with Crippen LogP contribution in [-0.4, -0.2) is 6.54 Å². The van der Waals surface area contributed by atoms with Gasteiger partial charge in [-0.2, -0.15) is 0 Å². The number of nitrogens with one attached hydrogen (secondary N) is 1. The molecule has 0 bridgehead atoms. The third kappa shape index (κ3) is 1.90. The van der Waals surface area contributed by atoms with Gasteiger partial charge in [-0.05, 0) is 35.3 Å². The maximum Gasteiger partial charge on any atom is 0.148 e. The van der Waals surface area contributed by atoms with Crippen molar-refractivity contribution in [3.05, 3.63) is 33.6 Å². The number of rotatable bonds is 1. The van der Waals surface area contributed by atoms with Gasteiger partial charge in [-0.25, -0.2) is 13.2 Å². The van der Waals surface area contributed by atoms with Crippen molar-refractivity contribution < 1.29 is 13.2 Å². The summed E-state index contributed by atoms with van der Waals surface area (Å²) in [6.45, 7) is 0.735. The van der Waals surface area contributed by atoms with Crippen LogP contribution >= 0.6 is 15.9 Å². The predicted octanol–water partition coefficient (Wildman–Crippen LogP) is 3.29. The SMILES string of the molecule is Fc1cc(F)c(C2CCCN2)c(F)c1Br. The minimum Gasteiger partial charge on any atom is -0.310 e. The van der Waals surface area contributed by atoms with Crippen LogP contribution in [0.15, 0.2) is 10.5 Å². The molecule has 5 heteroatoms. The normalized spacial score (nSPS) is 20.9. The van der Waals surface area contributed by atoms with Crippen LogP contribution in [0.4, 0.5) is 13.2 Å². The zero-order valence-corrected chi connectivity index (χ0v) is 9.37. The first kappa shape index (κ1) is 11.0. The van der Waals surface area contributed by atoms with Gasteiger partial charge >= 0.3 is 0 Å². The molecule has 0 aliphatic carbocycles. The van der Waals surface area contributed by atoms with Crippen molar-refractivity contribution in [1.82, 2.24) is 5.32 Å². The van der Waals surface area contributed by atoms with Crippen LogP contribution in [-0.2, 0) is 0 Å². The van der Waals surface area contributed by atoms with Gasteiger partial charge in [0.05, 0.1) is 4.47 Å². The second kappa shape index (κ2) is 4.14. The molecule has 1 heterocycles. The van der Waals surface area contributed by atoms with Crippen LogP contribution in [0.25, 0.3) is 0 Å². The zero-order valence-electron chi connectivity index (χ0n) is 7.79. The third-order valence-corrected chi connectivity index (χ3v) is 3.29. The van der Waals surface area contributed by atoms with Crippen molar-refractivity contribution in [3.8, 4) is 0 Å². The molecule has 82 valence electrons. The summed E-state index contributed by atoms with van der Waals surface area (Å²) in [5.41, 5.74) is -0.0687. The molecule has 1 N–H and O–H groups in total. The Morgan fingerprint density at radius 2 is 2.00 bits per heavy atom. The molecule has 0 aromatic heterocycles. The maximum atomic E-state index is 13.6. The van der Waals surface area contributed by atoms with E-state index in [-0.39, 0.29) is 16.1 Å². The molecule has 1 aliphatic heterocycles. The summed E-state index contributed by atoms with van der Waals surface area (Å²) >= 11 is 2.77. The minimum absolute atomic E-state index is 0.0687. The number of hydrogen-bond donors (Lipinski definition) is 1. The van der Waals surface area contributed by atoms with E-state index >= 15 is 0 Å². The molecule has 1 saturated heterocycles. The first-order valence-electron chi connectivity index (χ1n) is 4.67. The second-order valence-electron chi connectivity index (χ2n) is 3.53. The molecule has 15 heavy (non-hydrogen) atoms. The van der Waals surface area contributed by atoms with E-state index in [0.717, 1.165) is 13.0 Å². The fourth-order valence-corrected chi connectivity index (χ4v) is 2.16. The number of benzene rings is 1. The van der Waals surface area contributed by atoms with E-state index in [1.807, 2.05) is 0 Å². The highest BCUT2D eigenvalue weighted by molar-refractivity contribution is 9.10. The van der Waals surface area contributed by atoms with E-state index in [1.165, 1.54) is 0 Å². The van der Waals surface area contributed by atoms with Crippen LogP contribution in [0.1, 0.15) is 24.4 Å². The largest absolute Gasteiger partial charge is 0.310 e. The molecule has 1 atom stereocenters. The number of halogens is 4. The Morgan fingerprint density at radius 3 is 2.60 bits per heavy atom. The summed E-state index contributed by atoms with van der Waals surface area (Å²) in [5, 5.41) is 2.98. The van der Waals surface area contributed by atoms with Crippen molar-refractivity contribution in [2.24, 2.45) is 0 Å². The van der Waals surface area contributed by atoms with Gasteiger partial charge in [0.15, 0.2) is 0 Å². The van der Waals surface area contributed by atoms with E-state index in [9.17, 15) is 13.2 Å². The lowest BCUT2D eigenvalue weighted by Crippen LogP contribution is -2.16. The summed E-state index contributed by atoms with van der Waals surface area (Å²) in [6.07, 6.45) is 1.55. The molecule has 1 unspecified atom stereocenters. The van der Waals surface area contributed by atoms with Crippen LogP contribution in [0.5, 0.6) is 0 Å². The van der Waals surface area contributed by atoms with E-state index in [4.69, 9.17) is 0 Å². The Bertz CT molecular complexity index is 389. The molecule has 1 aromatic carbocycles. The Morgan fingerprint density at radius 1 is 1.27 bits per heavy atom. The van der Waals surface area contributed by atoms with Gasteiger partial charge in [0.25, 0.3) is 0 Å². The fourth-order valence-electron chi connectivity index (χ4n) is 1.83. The van der Waals surface area contributed by atoms with E-state index in [2.05, 4.69) is 21.2 Å². The lowest BCUT2D eigenvalue weighted by atomic mass is 10.0. The standard InChI is InChI=1S/C10H9BrF3N/c11-9-6(13)4-5(12)8(10(9)14)7-2-1-3-15-7/h4,7,15H,1-3H2. The summed E-state index contributed by atoms with van der Waals surface area (Å²) in [4.78, 5) is 0. The van der Waals surface area contributed by atoms with Gasteiger partial charge in [0.1, 0.15) is 17.5 Å². The molecule has 1 aromatic rings. The van der Waals surface area contributed by atoms with Crippen molar-refractivity contribution in [1.29, 1.82) is 0 Å².